The smallest absolute Gasteiger partial charge is 0.410 e. The number of nitrogens with zero attached hydrogens (tertiary/aromatic N) is 1. The Kier molecular flexibility index (Phi) is 2.39. The summed E-state index contributed by atoms with van der Waals surface area (Å²) < 4.78 is 11.5. The molecule has 3 aliphatic heterocycles. The lowest BCUT2D eigenvalue weighted by Crippen LogP contribution is -2.70. The second kappa shape index (κ2) is 3.44. The van der Waals surface area contributed by atoms with Crippen LogP contribution < -0.4 is 0 Å². The van der Waals surface area contributed by atoms with Crippen molar-refractivity contribution in [1.29, 1.82) is 0 Å². The SMILES string of the molecule is CC(C)(C)OC(=O)N1CC2(C1)OC1(C)CC2(CO)C1. The molecule has 1 amide bonds. The maximum Gasteiger partial charge on any atom is 0.410 e. The van der Waals surface area contributed by atoms with Gasteiger partial charge in [-0.25, -0.2) is 4.79 Å². The van der Waals surface area contributed by atoms with E-state index < -0.39 is 5.60 Å². The summed E-state index contributed by atoms with van der Waals surface area (Å²) in [5.74, 6) is 0. The number of hydrogen-bond acceptors (Lipinski definition) is 4. The third-order valence-electron chi connectivity index (χ3n) is 4.68. The van der Waals surface area contributed by atoms with E-state index in [1.165, 1.54) is 0 Å². The topological polar surface area (TPSA) is 59.0 Å². The highest BCUT2D eigenvalue weighted by molar-refractivity contribution is 5.70. The van der Waals surface area contributed by atoms with Crippen LogP contribution in [0.4, 0.5) is 4.79 Å². The number of hydrogen-bond donors (Lipinski definition) is 1. The van der Waals surface area contributed by atoms with E-state index in [1.807, 2.05) is 20.8 Å². The van der Waals surface area contributed by atoms with Crippen molar-refractivity contribution in [3.8, 4) is 0 Å². The maximum absolute atomic E-state index is 12.0. The molecule has 3 saturated heterocycles. The van der Waals surface area contributed by atoms with Crippen molar-refractivity contribution < 1.29 is 19.4 Å². The van der Waals surface area contributed by atoms with Gasteiger partial charge in [0.05, 0.1) is 25.3 Å². The van der Waals surface area contributed by atoms with Gasteiger partial charge in [0.25, 0.3) is 0 Å². The lowest BCUT2D eigenvalue weighted by atomic mass is 9.55. The van der Waals surface area contributed by atoms with Gasteiger partial charge in [-0.2, -0.15) is 0 Å². The second-order valence-corrected chi connectivity index (χ2v) is 7.67. The van der Waals surface area contributed by atoms with Crippen molar-refractivity contribution in [2.75, 3.05) is 19.7 Å². The minimum atomic E-state index is -0.473. The molecule has 19 heavy (non-hydrogen) atoms. The Morgan fingerprint density at radius 3 is 2.42 bits per heavy atom. The van der Waals surface area contributed by atoms with Crippen molar-refractivity contribution >= 4 is 6.09 Å². The van der Waals surface area contributed by atoms with Gasteiger partial charge in [-0.3, -0.25) is 0 Å². The molecule has 0 radical (unpaired) electrons. The van der Waals surface area contributed by atoms with Gasteiger partial charge < -0.3 is 19.5 Å². The molecule has 5 nitrogen and oxygen atoms in total. The first-order valence-corrected chi connectivity index (χ1v) is 6.92. The highest BCUT2D eigenvalue weighted by Crippen LogP contribution is 2.68. The summed E-state index contributed by atoms with van der Waals surface area (Å²) in [6, 6.07) is 0. The van der Waals surface area contributed by atoms with Crippen LogP contribution in [0.5, 0.6) is 0 Å². The average molecular weight is 269 g/mol. The highest BCUT2D eigenvalue weighted by Gasteiger charge is 2.76. The van der Waals surface area contributed by atoms with E-state index in [4.69, 9.17) is 9.47 Å². The van der Waals surface area contributed by atoms with E-state index in [1.54, 1.807) is 4.90 Å². The van der Waals surface area contributed by atoms with Gasteiger partial charge in [0, 0.05) is 5.41 Å². The van der Waals surface area contributed by atoms with Gasteiger partial charge in [-0.15, -0.1) is 0 Å². The summed E-state index contributed by atoms with van der Waals surface area (Å²) in [7, 11) is 0. The first-order valence-electron chi connectivity index (χ1n) is 6.92. The molecule has 1 spiro atoms. The van der Waals surface area contributed by atoms with Crippen LogP contribution >= 0.6 is 0 Å². The van der Waals surface area contributed by atoms with Crippen LogP contribution in [-0.4, -0.2) is 52.6 Å². The molecule has 1 aliphatic carbocycles. The molecule has 4 aliphatic rings. The molecule has 0 aromatic rings. The Hall–Kier alpha value is -0.810. The molecular weight excluding hydrogens is 246 g/mol. The molecule has 0 aromatic carbocycles. The third-order valence-corrected chi connectivity index (χ3v) is 4.68. The molecule has 0 aromatic heterocycles. The van der Waals surface area contributed by atoms with Gasteiger partial charge in [0.1, 0.15) is 11.2 Å². The first-order chi connectivity index (χ1) is 8.63. The zero-order valence-corrected chi connectivity index (χ0v) is 12.2. The number of rotatable bonds is 1. The molecule has 4 fully saturated rings. The van der Waals surface area contributed by atoms with Gasteiger partial charge in [0.2, 0.25) is 0 Å². The first kappa shape index (κ1) is 13.2. The molecule has 0 atom stereocenters. The molecule has 108 valence electrons. The number of ether oxygens (including phenoxy) is 2. The monoisotopic (exact) mass is 269 g/mol. The maximum atomic E-state index is 12.0. The average Bonchev–Trinajstić information content (AvgIpc) is 2.56. The van der Waals surface area contributed by atoms with Crippen LogP contribution in [-0.2, 0) is 9.47 Å². The molecule has 5 heteroatoms. The van der Waals surface area contributed by atoms with Gasteiger partial charge in [0.15, 0.2) is 0 Å². The lowest BCUT2D eigenvalue weighted by Gasteiger charge is -2.54. The Labute approximate surface area is 113 Å². The number of carbonyl (C=O) groups is 1. The predicted octanol–water partition coefficient (Wildman–Crippen LogP) is 1.54. The molecule has 0 unspecified atom stereocenters. The molecule has 4 rings (SSSR count). The summed E-state index contributed by atoms with van der Waals surface area (Å²) in [5.41, 5.74) is -1.05. The van der Waals surface area contributed by atoms with Crippen LogP contribution in [0.1, 0.15) is 40.5 Å². The van der Waals surface area contributed by atoms with Gasteiger partial charge in [-0.05, 0) is 40.5 Å². The van der Waals surface area contributed by atoms with Crippen LogP contribution in [0, 0.1) is 5.41 Å². The Bertz CT molecular complexity index is 414. The summed E-state index contributed by atoms with van der Waals surface area (Å²) in [5, 5.41) is 9.67. The standard InChI is InChI=1S/C14H23NO4/c1-11(2,3)18-10(17)15-7-14(8-15)13(9-16)5-12(4,6-13)19-14/h16H,5-9H2,1-4H3. The summed E-state index contributed by atoms with van der Waals surface area (Å²) in [6.45, 7) is 8.89. The Balaban J connectivity index is 1.65. The quantitative estimate of drug-likeness (QED) is 0.784. The minimum Gasteiger partial charge on any atom is -0.444 e. The zero-order valence-electron chi connectivity index (χ0n) is 12.2. The zero-order chi connectivity index (χ0) is 14.1. The Morgan fingerprint density at radius 1 is 1.37 bits per heavy atom. The van der Waals surface area contributed by atoms with Crippen molar-refractivity contribution in [3.05, 3.63) is 0 Å². The van der Waals surface area contributed by atoms with E-state index >= 15 is 0 Å². The van der Waals surface area contributed by atoms with E-state index in [0.29, 0.717) is 13.1 Å². The largest absolute Gasteiger partial charge is 0.444 e. The van der Waals surface area contributed by atoms with Crippen molar-refractivity contribution in [2.24, 2.45) is 5.41 Å². The van der Waals surface area contributed by atoms with E-state index in [2.05, 4.69) is 6.92 Å². The van der Waals surface area contributed by atoms with Crippen molar-refractivity contribution in [3.63, 3.8) is 0 Å². The normalized spacial score (nSPS) is 38.9. The fourth-order valence-electron chi connectivity index (χ4n) is 4.04. The minimum absolute atomic E-state index is 0.0945. The van der Waals surface area contributed by atoms with Crippen molar-refractivity contribution in [1.82, 2.24) is 4.90 Å². The predicted molar refractivity (Wildman–Crippen MR) is 68.8 cm³/mol. The highest BCUT2D eigenvalue weighted by atomic mass is 16.6. The van der Waals surface area contributed by atoms with Crippen LogP contribution in [0.15, 0.2) is 0 Å². The van der Waals surface area contributed by atoms with Crippen LogP contribution in [0.3, 0.4) is 0 Å². The molecule has 2 bridgehead atoms. The van der Waals surface area contributed by atoms with Crippen LogP contribution in [0.2, 0.25) is 0 Å². The van der Waals surface area contributed by atoms with E-state index in [0.717, 1.165) is 12.8 Å². The number of aliphatic hydroxyl groups is 1. The Morgan fingerprint density at radius 2 is 1.95 bits per heavy atom. The molecular formula is C14H23NO4. The van der Waals surface area contributed by atoms with Gasteiger partial charge in [-0.1, -0.05) is 0 Å². The second-order valence-electron chi connectivity index (χ2n) is 7.67. The number of amides is 1. The number of aliphatic hydroxyl groups excluding tert-OH is 1. The lowest BCUT2D eigenvalue weighted by molar-refractivity contribution is -0.149. The summed E-state index contributed by atoms with van der Waals surface area (Å²) >= 11 is 0. The fraction of sp³-hybridized carbons (Fsp3) is 0.929. The number of carbonyl (C=O) groups excluding carboxylic acids is 1. The summed E-state index contributed by atoms with van der Waals surface area (Å²) in [4.78, 5) is 13.6. The molecule has 1 N–H and O–H groups in total. The number of likely N-dealkylation sites (tertiary alicyclic amines) is 1. The summed E-state index contributed by atoms with van der Waals surface area (Å²) in [6.07, 6.45) is 1.51. The molecule has 1 saturated carbocycles. The molecule has 3 heterocycles. The third kappa shape index (κ3) is 1.71. The van der Waals surface area contributed by atoms with Crippen molar-refractivity contribution in [2.45, 2.75) is 57.3 Å². The van der Waals surface area contributed by atoms with Gasteiger partial charge >= 0.3 is 6.09 Å². The fourth-order valence-corrected chi connectivity index (χ4v) is 4.04. The van der Waals surface area contributed by atoms with Crippen LogP contribution in [0.25, 0.3) is 0 Å². The van der Waals surface area contributed by atoms with E-state index in [-0.39, 0.29) is 29.3 Å². The van der Waals surface area contributed by atoms with E-state index in [9.17, 15) is 9.90 Å².